The smallest absolute Gasteiger partial charge is 0.338 e. The minimum atomic E-state index is -4.85. The molecule has 20 heteroatoms. The fraction of sp³-hybridized carbons (Fsp3) is 0.500. The molecule has 19 nitrogen and oxygen atoms in total. The lowest BCUT2D eigenvalue weighted by atomic mass is 10.1. The molecule has 214 valence electrons. The molecular formula is C20H24N9O10P. The minimum absolute atomic E-state index is 0.00190. The topological polar surface area (TPSA) is 279 Å². The van der Waals surface area contributed by atoms with E-state index in [1.54, 1.807) is 0 Å². The van der Waals surface area contributed by atoms with Gasteiger partial charge in [0.15, 0.2) is 29.6 Å². The van der Waals surface area contributed by atoms with E-state index >= 15 is 0 Å². The van der Waals surface area contributed by atoms with Crippen LogP contribution in [0, 0.1) is 0 Å². The van der Waals surface area contributed by atoms with Crippen LogP contribution in [0.15, 0.2) is 30.0 Å². The van der Waals surface area contributed by atoms with Crippen LogP contribution in [-0.4, -0.2) is 114 Å². The Kier molecular flexibility index (Phi) is 6.64. The number of rotatable bonds is 7. The van der Waals surface area contributed by atoms with Gasteiger partial charge >= 0.3 is 7.60 Å². The van der Waals surface area contributed by atoms with E-state index in [0.717, 1.165) is 11.0 Å². The number of aromatic nitrogens is 8. The summed E-state index contributed by atoms with van der Waals surface area (Å²) < 4.78 is 32.5. The van der Waals surface area contributed by atoms with E-state index in [0.29, 0.717) is 0 Å². The van der Waals surface area contributed by atoms with E-state index in [4.69, 9.17) is 19.7 Å². The maximum absolute atomic E-state index is 13.5. The van der Waals surface area contributed by atoms with E-state index < -0.39 is 75.0 Å². The first-order valence-corrected chi connectivity index (χ1v) is 13.5. The molecular weight excluding hydrogens is 557 g/mol. The molecule has 9 atom stereocenters. The van der Waals surface area contributed by atoms with E-state index in [1.165, 1.54) is 23.4 Å². The molecule has 0 amide bonds. The molecule has 0 spiro atoms. The second kappa shape index (κ2) is 9.91. The fourth-order valence-electron chi connectivity index (χ4n) is 4.92. The first kappa shape index (κ1) is 26.8. The Morgan fingerprint density at radius 3 is 2.60 bits per heavy atom. The summed E-state index contributed by atoms with van der Waals surface area (Å²) in [6.45, 7) is -1.39. The van der Waals surface area contributed by atoms with Crippen LogP contribution in [-0.2, 0) is 18.6 Å². The van der Waals surface area contributed by atoms with Crippen LogP contribution in [0.4, 0.5) is 5.82 Å². The Balaban J connectivity index is 1.24. The van der Waals surface area contributed by atoms with Crippen molar-refractivity contribution in [1.82, 2.24) is 39.3 Å². The van der Waals surface area contributed by atoms with Crippen LogP contribution < -0.4 is 11.3 Å². The number of nitrogen functional groups attached to an aromatic ring is 1. The van der Waals surface area contributed by atoms with Gasteiger partial charge in [-0.1, -0.05) is 0 Å². The highest BCUT2D eigenvalue weighted by molar-refractivity contribution is 7.53. The molecule has 4 aromatic rings. The molecule has 2 aliphatic heterocycles. The third-order valence-corrected chi connectivity index (χ3v) is 8.79. The quantitative estimate of drug-likeness (QED) is 0.107. The van der Waals surface area contributed by atoms with Gasteiger partial charge in [-0.25, -0.2) is 24.6 Å². The summed E-state index contributed by atoms with van der Waals surface area (Å²) in [5.41, 5.74) is 4.06. The van der Waals surface area contributed by atoms with Crippen LogP contribution in [0.25, 0.3) is 22.2 Å². The first-order chi connectivity index (χ1) is 19.1. The zero-order valence-corrected chi connectivity index (χ0v) is 21.2. The van der Waals surface area contributed by atoms with Crippen molar-refractivity contribution < 1.29 is 43.9 Å². The van der Waals surface area contributed by atoms with Crippen molar-refractivity contribution in [1.29, 1.82) is 0 Å². The summed E-state index contributed by atoms with van der Waals surface area (Å²) in [6, 6.07) is 0. The van der Waals surface area contributed by atoms with E-state index in [1.807, 2.05) is 0 Å². The third kappa shape index (κ3) is 4.19. The van der Waals surface area contributed by atoms with E-state index in [9.17, 15) is 34.7 Å². The zero-order valence-electron chi connectivity index (χ0n) is 20.3. The van der Waals surface area contributed by atoms with E-state index in [2.05, 4.69) is 30.0 Å². The van der Waals surface area contributed by atoms with Gasteiger partial charge in [0.1, 0.15) is 53.4 Å². The van der Waals surface area contributed by atoms with Crippen LogP contribution >= 0.6 is 7.60 Å². The van der Waals surface area contributed by atoms with Crippen LogP contribution in [0.3, 0.4) is 0 Å². The number of hydrogen-bond donors (Lipinski definition) is 7. The predicted octanol–water partition coefficient (Wildman–Crippen LogP) is -3.02. The normalized spacial score (nSPS) is 32.2. The summed E-state index contributed by atoms with van der Waals surface area (Å²) in [5, 5.41) is 45.8. The molecule has 6 heterocycles. The standard InChI is InChI=1S/C20H24N9O10P/c21-15-10-17(24-4-22-15)28(6-26-10)19-13(33)11(31)9(39-19)3-37-40(35,36)14-12(32)8(2-30)38-20(14)29-16-7(1-27-29)18(34)25-5-23-16/h1,4-6,8-9,11-14,19-20,30-33H,2-3H2,(H,35,36)(H2,21,22,24)(H,23,25,34)/t8-,9-,11-,12-,13-,14-,19-,20-/m1/s1. The Morgan fingerprint density at radius 2 is 1.82 bits per heavy atom. The first-order valence-electron chi connectivity index (χ1n) is 11.9. The van der Waals surface area contributed by atoms with E-state index in [-0.39, 0.29) is 28.0 Å². The van der Waals surface area contributed by atoms with Gasteiger partial charge in [0.2, 0.25) is 0 Å². The molecule has 0 aromatic carbocycles. The summed E-state index contributed by atoms with van der Waals surface area (Å²) >= 11 is 0. The van der Waals surface area contributed by atoms with Crippen molar-refractivity contribution in [3.8, 4) is 0 Å². The van der Waals surface area contributed by atoms with Gasteiger partial charge in [0.25, 0.3) is 5.56 Å². The van der Waals surface area contributed by atoms with Gasteiger partial charge in [-0.15, -0.1) is 0 Å². The van der Waals surface area contributed by atoms with Crippen molar-refractivity contribution in [3.63, 3.8) is 0 Å². The molecule has 1 unspecified atom stereocenters. The van der Waals surface area contributed by atoms with Crippen LogP contribution in [0.2, 0.25) is 0 Å². The number of anilines is 1. The number of nitrogens with one attached hydrogen (secondary N) is 1. The van der Waals surface area contributed by atoms with Crippen molar-refractivity contribution >= 4 is 35.6 Å². The lowest BCUT2D eigenvalue weighted by Crippen LogP contribution is -2.36. The summed E-state index contributed by atoms with van der Waals surface area (Å²) in [4.78, 5) is 41.5. The highest BCUT2D eigenvalue weighted by Crippen LogP contribution is 2.57. The summed E-state index contributed by atoms with van der Waals surface area (Å²) in [6.07, 6.45) is -5.26. The molecule has 8 N–H and O–H groups in total. The fourth-order valence-corrected chi connectivity index (χ4v) is 6.55. The molecule has 0 saturated carbocycles. The predicted molar refractivity (Wildman–Crippen MR) is 130 cm³/mol. The Morgan fingerprint density at radius 1 is 1.05 bits per heavy atom. The molecule has 40 heavy (non-hydrogen) atoms. The van der Waals surface area contributed by atoms with Gasteiger partial charge in [-0.2, -0.15) is 5.10 Å². The number of aliphatic hydroxyl groups excluding tert-OH is 4. The van der Waals surface area contributed by atoms with Gasteiger partial charge in [-0.3, -0.25) is 13.9 Å². The second-order valence-electron chi connectivity index (χ2n) is 9.28. The number of nitrogens with zero attached hydrogens (tertiary/aromatic N) is 7. The number of aliphatic hydroxyl groups is 4. The van der Waals surface area contributed by atoms with Gasteiger partial charge < -0.3 is 50.0 Å². The number of nitrogens with two attached hydrogens (primary N) is 1. The Labute approximate surface area is 222 Å². The monoisotopic (exact) mass is 581 g/mol. The molecule has 0 bridgehead atoms. The Hall–Kier alpha value is -3.39. The molecule has 2 aliphatic rings. The maximum atomic E-state index is 13.5. The SMILES string of the molecule is Nc1ncnc2c1ncn2[C@@H]1O[C@H](COP(=O)(O)[C@@H]2[C@H](O)[C@@H](CO)O[C@H]2n2ncc3c(=O)[nH]cnc32)[C@@H](O)[C@H]1O. The maximum Gasteiger partial charge on any atom is 0.338 e. The molecule has 0 aliphatic carbocycles. The number of imidazole rings is 1. The molecule has 2 saturated heterocycles. The van der Waals surface area contributed by atoms with Gasteiger partial charge in [0.05, 0.1) is 32.1 Å². The molecule has 4 aromatic heterocycles. The van der Waals surface area contributed by atoms with Crippen LogP contribution in [0.1, 0.15) is 12.5 Å². The number of H-pyrrole nitrogens is 1. The van der Waals surface area contributed by atoms with Crippen molar-refractivity contribution in [2.45, 2.75) is 48.6 Å². The number of ether oxygens (including phenoxy) is 2. The lowest BCUT2D eigenvalue weighted by molar-refractivity contribution is -0.0504. The highest BCUT2D eigenvalue weighted by Gasteiger charge is 2.56. The van der Waals surface area contributed by atoms with Crippen molar-refractivity contribution in [2.75, 3.05) is 18.9 Å². The molecule has 2 fully saturated rings. The van der Waals surface area contributed by atoms with Crippen molar-refractivity contribution in [3.05, 3.63) is 35.5 Å². The third-order valence-electron chi connectivity index (χ3n) is 6.95. The lowest BCUT2D eigenvalue weighted by Gasteiger charge is -2.26. The number of fused-ring (bicyclic) bond motifs is 2. The minimum Gasteiger partial charge on any atom is -0.394 e. The number of hydrogen-bond acceptors (Lipinski definition) is 15. The average Bonchev–Trinajstić information content (AvgIpc) is 3.68. The zero-order chi connectivity index (χ0) is 28.3. The van der Waals surface area contributed by atoms with Gasteiger partial charge in [0, 0.05) is 0 Å². The molecule has 6 rings (SSSR count). The Bertz CT molecular complexity index is 1660. The number of aromatic amines is 1. The summed E-state index contributed by atoms with van der Waals surface area (Å²) in [5.74, 6) is 0.0933. The highest BCUT2D eigenvalue weighted by atomic mass is 31.2. The van der Waals surface area contributed by atoms with Gasteiger partial charge in [-0.05, 0) is 0 Å². The average molecular weight is 581 g/mol. The summed E-state index contributed by atoms with van der Waals surface area (Å²) in [7, 11) is -4.85. The molecule has 0 radical (unpaired) electrons. The van der Waals surface area contributed by atoms with Crippen molar-refractivity contribution in [2.24, 2.45) is 0 Å². The second-order valence-corrected chi connectivity index (χ2v) is 11.3. The van der Waals surface area contributed by atoms with Crippen LogP contribution in [0.5, 0.6) is 0 Å². The largest absolute Gasteiger partial charge is 0.394 e.